The van der Waals surface area contributed by atoms with Gasteiger partial charge in [-0.05, 0) is 89.6 Å². The first-order chi connectivity index (χ1) is 14.7. The highest BCUT2D eigenvalue weighted by atomic mass is 79.9. The van der Waals surface area contributed by atoms with Crippen molar-refractivity contribution in [3.63, 3.8) is 0 Å². The lowest BCUT2D eigenvalue weighted by molar-refractivity contribution is 0.277. The third kappa shape index (κ3) is 4.37. The second kappa shape index (κ2) is 9.70. The second-order valence-corrected chi connectivity index (χ2v) is 9.36. The molecule has 0 aliphatic rings. The molecular weight excluding hydrogens is 452 g/mol. The molecule has 0 bridgehead atoms. The number of aliphatic hydroxyl groups is 1. The molecule has 3 aromatic rings. The van der Waals surface area contributed by atoms with E-state index in [2.05, 4.69) is 79.1 Å². The molecule has 1 unspecified atom stereocenters. The number of benzene rings is 1. The van der Waals surface area contributed by atoms with Gasteiger partial charge in [0, 0.05) is 29.4 Å². The quantitative estimate of drug-likeness (QED) is 0.417. The summed E-state index contributed by atoms with van der Waals surface area (Å²) in [5.41, 5.74) is 7.02. The first kappa shape index (κ1) is 23.7. The van der Waals surface area contributed by atoms with Crippen LogP contribution in [0.3, 0.4) is 0 Å². The van der Waals surface area contributed by atoms with Gasteiger partial charge in [-0.25, -0.2) is 9.97 Å². The van der Waals surface area contributed by atoms with Gasteiger partial charge in [-0.2, -0.15) is 0 Å². The van der Waals surface area contributed by atoms with E-state index < -0.39 is 0 Å². The monoisotopic (exact) mass is 486 g/mol. The Morgan fingerprint density at radius 3 is 2.26 bits per heavy atom. The zero-order valence-corrected chi connectivity index (χ0v) is 21.5. The van der Waals surface area contributed by atoms with Crippen LogP contribution in [-0.2, 0) is 0 Å². The van der Waals surface area contributed by atoms with Gasteiger partial charge < -0.3 is 10.0 Å². The Labute approximate surface area is 194 Å². The summed E-state index contributed by atoms with van der Waals surface area (Å²) < 4.78 is 3.40. The molecule has 1 aromatic carbocycles. The Balaban J connectivity index is 2.32. The molecule has 6 heteroatoms. The predicted octanol–water partition coefficient (Wildman–Crippen LogP) is 6.10. The van der Waals surface area contributed by atoms with Crippen molar-refractivity contribution in [2.24, 2.45) is 0 Å². The minimum absolute atomic E-state index is 0.225. The molecule has 3 rings (SSSR count). The summed E-state index contributed by atoms with van der Waals surface area (Å²) in [5.74, 6) is 1.80. The first-order valence-electron chi connectivity index (χ1n) is 11.3. The fraction of sp³-hybridized carbons (Fsp3) is 0.520. The number of aromatic nitrogens is 3. The number of aliphatic hydroxyl groups excluding tert-OH is 1. The molecule has 0 fully saturated rings. The molecular formula is C25H35BrN4O. The van der Waals surface area contributed by atoms with Gasteiger partial charge in [-0.3, -0.25) is 4.57 Å². The van der Waals surface area contributed by atoms with Crippen molar-refractivity contribution in [3.8, 4) is 5.69 Å². The molecule has 1 N–H and O–H groups in total. The molecule has 0 saturated heterocycles. The van der Waals surface area contributed by atoms with Gasteiger partial charge in [0.2, 0.25) is 0 Å². The van der Waals surface area contributed by atoms with Crippen LogP contribution in [-0.4, -0.2) is 38.8 Å². The molecule has 0 spiro atoms. The zero-order chi connectivity index (χ0) is 22.9. The third-order valence-electron chi connectivity index (χ3n) is 6.35. The van der Waals surface area contributed by atoms with Crippen molar-refractivity contribution < 1.29 is 5.11 Å². The Bertz CT molecular complexity index is 1070. The summed E-state index contributed by atoms with van der Waals surface area (Å²) in [4.78, 5) is 12.3. The number of hydrogen-bond donors (Lipinski definition) is 1. The Morgan fingerprint density at radius 1 is 1.06 bits per heavy atom. The first-order valence-corrected chi connectivity index (χ1v) is 12.0. The number of fused-ring (bicyclic) bond motifs is 1. The molecule has 31 heavy (non-hydrogen) atoms. The van der Waals surface area contributed by atoms with E-state index >= 15 is 0 Å². The lowest BCUT2D eigenvalue weighted by Gasteiger charge is -2.32. The lowest BCUT2D eigenvalue weighted by Crippen LogP contribution is -2.36. The van der Waals surface area contributed by atoms with Crippen LogP contribution in [0.25, 0.3) is 16.7 Å². The van der Waals surface area contributed by atoms with Crippen LogP contribution in [0.2, 0.25) is 0 Å². The Morgan fingerprint density at radius 2 is 1.71 bits per heavy atom. The molecule has 0 saturated carbocycles. The largest absolute Gasteiger partial charge is 0.396 e. The van der Waals surface area contributed by atoms with E-state index in [1.54, 1.807) is 0 Å². The van der Waals surface area contributed by atoms with Crippen molar-refractivity contribution in [1.82, 2.24) is 14.5 Å². The van der Waals surface area contributed by atoms with Gasteiger partial charge in [0.05, 0.1) is 11.1 Å². The predicted molar refractivity (Wildman–Crippen MR) is 134 cm³/mol. The second-order valence-electron chi connectivity index (χ2n) is 8.44. The van der Waals surface area contributed by atoms with Gasteiger partial charge >= 0.3 is 0 Å². The summed E-state index contributed by atoms with van der Waals surface area (Å²) in [7, 11) is 0. The van der Waals surface area contributed by atoms with Gasteiger partial charge in [-0.15, -0.1) is 0 Å². The number of rotatable bonds is 8. The summed E-state index contributed by atoms with van der Waals surface area (Å²) in [6.07, 6.45) is 2.77. The summed E-state index contributed by atoms with van der Waals surface area (Å²) in [6, 6.07) is 4.67. The lowest BCUT2D eigenvalue weighted by atomic mass is 10.1. The van der Waals surface area contributed by atoms with E-state index in [9.17, 15) is 5.11 Å². The summed E-state index contributed by atoms with van der Waals surface area (Å²) in [5, 5.41) is 10.5. The van der Waals surface area contributed by atoms with E-state index in [1.165, 1.54) is 28.1 Å². The number of anilines is 1. The van der Waals surface area contributed by atoms with Crippen molar-refractivity contribution in [2.45, 2.75) is 73.8 Å². The van der Waals surface area contributed by atoms with Crippen LogP contribution in [0.4, 0.5) is 5.82 Å². The minimum atomic E-state index is 0.225. The number of halogens is 1. The standard InChI is InChI=1S/C25H35BrN4O/c1-8-21(11-10-12-31)29(9-2)24-22-17(5)18(6)30(25(22)28-19(7)27-24)23-15(3)13-20(26)14-16(23)4/h13-14,21,31H,8-12H2,1-7H3. The van der Waals surface area contributed by atoms with Gasteiger partial charge in [0.15, 0.2) is 5.65 Å². The number of nitrogens with zero attached hydrogens (tertiary/aromatic N) is 4. The van der Waals surface area contributed by atoms with Crippen LogP contribution in [0.1, 0.15) is 61.3 Å². The normalized spacial score (nSPS) is 12.5. The van der Waals surface area contributed by atoms with Crippen molar-refractivity contribution in [2.75, 3.05) is 18.1 Å². The molecule has 0 radical (unpaired) electrons. The molecule has 2 heterocycles. The molecule has 0 amide bonds. The maximum atomic E-state index is 9.38. The SMILES string of the molecule is CCC(CCCO)N(CC)c1nc(C)nc2c1c(C)c(C)n2-c1c(C)cc(Br)cc1C. The van der Waals surface area contributed by atoms with E-state index in [0.29, 0.717) is 6.04 Å². The van der Waals surface area contributed by atoms with Gasteiger partial charge in [-0.1, -0.05) is 22.9 Å². The van der Waals surface area contributed by atoms with Crippen LogP contribution in [0.15, 0.2) is 16.6 Å². The van der Waals surface area contributed by atoms with Crippen molar-refractivity contribution >= 4 is 32.8 Å². The van der Waals surface area contributed by atoms with Crippen molar-refractivity contribution in [3.05, 3.63) is 44.8 Å². The van der Waals surface area contributed by atoms with Crippen LogP contribution < -0.4 is 4.90 Å². The number of hydrogen-bond acceptors (Lipinski definition) is 4. The summed E-state index contributed by atoms with van der Waals surface area (Å²) in [6.45, 7) is 16.2. The highest BCUT2D eigenvalue weighted by Gasteiger charge is 2.25. The van der Waals surface area contributed by atoms with E-state index in [1.807, 2.05) is 6.92 Å². The van der Waals surface area contributed by atoms with E-state index in [0.717, 1.165) is 53.0 Å². The Hall–Kier alpha value is -1.92. The smallest absolute Gasteiger partial charge is 0.150 e. The highest BCUT2D eigenvalue weighted by molar-refractivity contribution is 9.10. The van der Waals surface area contributed by atoms with E-state index in [4.69, 9.17) is 9.97 Å². The zero-order valence-electron chi connectivity index (χ0n) is 19.9. The Kier molecular flexibility index (Phi) is 7.43. The average molecular weight is 487 g/mol. The summed E-state index contributed by atoms with van der Waals surface area (Å²) >= 11 is 3.63. The average Bonchev–Trinajstić information content (AvgIpc) is 2.95. The number of aryl methyl sites for hydroxylation is 4. The third-order valence-corrected chi connectivity index (χ3v) is 6.81. The van der Waals surface area contributed by atoms with Crippen LogP contribution in [0.5, 0.6) is 0 Å². The topological polar surface area (TPSA) is 54.2 Å². The van der Waals surface area contributed by atoms with Gasteiger partial charge in [0.1, 0.15) is 11.6 Å². The minimum Gasteiger partial charge on any atom is -0.396 e. The van der Waals surface area contributed by atoms with Crippen molar-refractivity contribution in [1.29, 1.82) is 0 Å². The molecule has 0 aliphatic heterocycles. The molecule has 5 nitrogen and oxygen atoms in total. The van der Waals surface area contributed by atoms with Crippen LogP contribution in [0, 0.1) is 34.6 Å². The van der Waals surface area contributed by atoms with E-state index in [-0.39, 0.29) is 6.61 Å². The maximum Gasteiger partial charge on any atom is 0.150 e. The molecule has 168 valence electrons. The molecule has 1 atom stereocenters. The molecule has 2 aromatic heterocycles. The van der Waals surface area contributed by atoms with Gasteiger partial charge in [0.25, 0.3) is 0 Å². The fourth-order valence-electron chi connectivity index (χ4n) is 4.77. The molecule has 0 aliphatic carbocycles. The highest BCUT2D eigenvalue weighted by Crippen LogP contribution is 2.37. The fourth-order valence-corrected chi connectivity index (χ4v) is 5.46. The maximum absolute atomic E-state index is 9.38. The van der Waals surface area contributed by atoms with Crippen LogP contribution >= 0.6 is 15.9 Å².